The highest BCUT2D eigenvalue weighted by molar-refractivity contribution is 5.62. The lowest BCUT2D eigenvalue weighted by Gasteiger charge is -2.18. The second kappa shape index (κ2) is 5.08. The number of aromatic nitrogens is 1. The van der Waals surface area contributed by atoms with Crippen molar-refractivity contribution in [1.82, 2.24) is 4.98 Å². The number of aryl methyl sites for hydroxylation is 2. The van der Waals surface area contributed by atoms with Gasteiger partial charge in [0.05, 0.1) is 11.7 Å². The zero-order chi connectivity index (χ0) is 13.1. The summed E-state index contributed by atoms with van der Waals surface area (Å²) >= 11 is 0. The van der Waals surface area contributed by atoms with Gasteiger partial charge in [-0.15, -0.1) is 0 Å². The largest absolute Gasteiger partial charge is 0.396 e. The average Bonchev–Trinajstić information content (AvgIpc) is 2.33. The van der Waals surface area contributed by atoms with Crippen LogP contribution in [0.3, 0.4) is 0 Å². The van der Waals surface area contributed by atoms with Gasteiger partial charge in [0.15, 0.2) is 0 Å². The molecule has 1 atom stereocenters. The van der Waals surface area contributed by atoms with Crippen molar-refractivity contribution in [2.75, 3.05) is 11.1 Å². The van der Waals surface area contributed by atoms with Gasteiger partial charge in [-0.1, -0.05) is 24.3 Å². The molecule has 3 N–H and O–H groups in total. The van der Waals surface area contributed by atoms with E-state index in [0.717, 1.165) is 11.4 Å². The Morgan fingerprint density at radius 3 is 2.61 bits per heavy atom. The first-order valence-corrected chi connectivity index (χ1v) is 6.12. The number of hydrogen-bond donors (Lipinski definition) is 2. The molecule has 1 unspecified atom stereocenters. The first-order chi connectivity index (χ1) is 8.58. The summed E-state index contributed by atoms with van der Waals surface area (Å²) in [5.41, 5.74) is 10.3. The zero-order valence-corrected chi connectivity index (χ0v) is 11.1. The molecule has 18 heavy (non-hydrogen) atoms. The van der Waals surface area contributed by atoms with Crippen LogP contribution in [0.2, 0.25) is 0 Å². The van der Waals surface area contributed by atoms with Crippen LogP contribution in [0.25, 0.3) is 0 Å². The van der Waals surface area contributed by atoms with E-state index in [1.54, 1.807) is 0 Å². The number of nitrogens with two attached hydrogens (primary N) is 1. The third kappa shape index (κ3) is 2.62. The molecule has 0 spiro atoms. The maximum absolute atomic E-state index is 5.96. The molecule has 0 bridgehead atoms. The second-order valence-corrected chi connectivity index (χ2v) is 4.67. The van der Waals surface area contributed by atoms with Crippen LogP contribution in [0.4, 0.5) is 11.5 Å². The third-order valence-corrected chi connectivity index (χ3v) is 3.06. The summed E-state index contributed by atoms with van der Waals surface area (Å²) in [4.78, 5) is 4.34. The van der Waals surface area contributed by atoms with Crippen molar-refractivity contribution in [2.24, 2.45) is 0 Å². The first kappa shape index (κ1) is 12.4. The number of nitrogens with zero attached hydrogens (tertiary/aromatic N) is 1. The number of pyridine rings is 1. The summed E-state index contributed by atoms with van der Waals surface area (Å²) in [7, 11) is 0. The van der Waals surface area contributed by atoms with Crippen molar-refractivity contribution in [3.8, 4) is 0 Å². The zero-order valence-electron chi connectivity index (χ0n) is 11.1. The smallest absolute Gasteiger partial charge is 0.149 e. The summed E-state index contributed by atoms with van der Waals surface area (Å²) in [6, 6.07) is 10.4. The summed E-state index contributed by atoms with van der Waals surface area (Å²) in [5, 5.41) is 3.36. The number of nitrogens with one attached hydrogen (secondary N) is 1. The van der Waals surface area contributed by atoms with Gasteiger partial charge in [0.25, 0.3) is 0 Å². The third-order valence-electron chi connectivity index (χ3n) is 3.06. The van der Waals surface area contributed by atoms with Crippen LogP contribution in [0.5, 0.6) is 0 Å². The maximum atomic E-state index is 5.96. The van der Waals surface area contributed by atoms with Crippen LogP contribution in [-0.2, 0) is 0 Å². The fraction of sp³-hybridized carbons (Fsp3) is 0.267. The number of hydrogen-bond acceptors (Lipinski definition) is 3. The summed E-state index contributed by atoms with van der Waals surface area (Å²) in [6.45, 7) is 6.21. The molecular formula is C15H19N3. The van der Waals surface area contributed by atoms with Gasteiger partial charge in [0.2, 0.25) is 0 Å². The quantitative estimate of drug-likeness (QED) is 0.865. The van der Waals surface area contributed by atoms with Gasteiger partial charge >= 0.3 is 0 Å². The molecule has 1 heterocycles. The molecule has 0 aliphatic carbocycles. The van der Waals surface area contributed by atoms with Gasteiger partial charge in [-0.05, 0) is 43.5 Å². The minimum atomic E-state index is 0.184. The normalized spacial score (nSPS) is 12.2. The summed E-state index contributed by atoms with van der Waals surface area (Å²) in [5.74, 6) is 0.747. The lowest BCUT2D eigenvalue weighted by atomic mass is 10.0. The second-order valence-electron chi connectivity index (χ2n) is 4.67. The van der Waals surface area contributed by atoms with E-state index in [1.807, 2.05) is 31.3 Å². The minimum Gasteiger partial charge on any atom is -0.396 e. The fourth-order valence-corrected chi connectivity index (χ4v) is 2.07. The molecule has 2 aromatic rings. The minimum absolute atomic E-state index is 0.184. The predicted octanol–water partition coefficient (Wildman–Crippen LogP) is 3.45. The van der Waals surface area contributed by atoms with Crippen molar-refractivity contribution in [3.63, 3.8) is 0 Å². The molecule has 0 amide bonds. The van der Waals surface area contributed by atoms with Crippen LogP contribution >= 0.6 is 0 Å². The molecule has 3 nitrogen and oxygen atoms in total. The highest BCUT2D eigenvalue weighted by atomic mass is 15.0. The van der Waals surface area contributed by atoms with Crippen molar-refractivity contribution in [3.05, 3.63) is 53.2 Å². The van der Waals surface area contributed by atoms with E-state index in [9.17, 15) is 0 Å². The van der Waals surface area contributed by atoms with Gasteiger partial charge in [-0.2, -0.15) is 0 Å². The van der Waals surface area contributed by atoms with Crippen molar-refractivity contribution in [2.45, 2.75) is 26.8 Å². The van der Waals surface area contributed by atoms with E-state index in [0.29, 0.717) is 5.69 Å². The van der Waals surface area contributed by atoms with E-state index >= 15 is 0 Å². The van der Waals surface area contributed by atoms with Crippen LogP contribution < -0.4 is 11.1 Å². The summed E-state index contributed by atoms with van der Waals surface area (Å²) in [6.07, 6.45) is 1.82. The molecular weight excluding hydrogens is 222 g/mol. The van der Waals surface area contributed by atoms with Gasteiger partial charge in [0, 0.05) is 6.20 Å². The Morgan fingerprint density at radius 2 is 1.94 bits per heavy atom. The molecule has 0 saturated heterocycles. The fourth-order valence-electron chi connectivity index (χ4n) is 2.07. The first-order valence-electron chi connectivity index (χ1n) is 6.12. The maximum Gasteiger partial charge on any atom is 0.149 e. The Morgan fingerprint density at radius 1 is 1.22 bits per heavy atom. The van der Waals surface area contributed by atoms with Gasteiger partial charge in [0.1, 0.15) is 5.82 Å². The Kier molecular flexibility index (Phi) is 3.51. The van der Waals surface area contributed by atoms with Crippen LogP contribution in [0, 0.1) is 13.8 Å². The highest BCUT2D eigenvalue weighted by Crippen LogP contribution is 2.24. The monoisotopic (exact) mass is 241 g/mol. The molecule has 2 rings (SSSR count). The van der Waals surface area contributed by atoms with Crippen molar-refractivity contribution in [1.29, 1.82) is 0 Å². The SMILES string of the molecule is Cc1cnc(NC(C)c2ccccc2C)c(N)c1. The Hall–Kier alpha value is -2.03. The predicted molar refractivity (Wildman–Crippen MR) is 76.6 cm³/mol. The van der Waals surface area contributed by atoms with E-state index in [1.165, 1.54) is 11.1 Å². The van der Waals surface area contributed by atoms with E-state index in [4.69, 9.17) is 5.73 Å². The number of benzene rings is 1. The molecule has 3 heteroatoms. The standard InChI is InChI=1S/C15H19N3/c1-10-8-14(16)15(17-9-10)18-12(3)13-7-5-4-6-11(13)2/h4-9,12H,16H2,1-3H3,(H,17,18). The number of rotatable bonds is 3. The Labute approximate surface area is 108 Å². The molecule has 0 saturated carbocycles. The highest BCUT2D eigenvalue weighted by Gasteiger charge is 2.10. The van der Waals surface area contributed by atoms with Crippen molar-refractivity contribution < 1.29 is 0 Å². The van der Waals surface area contributed by atoms with Gasteiger partial charge in [-0.25, -0.2) is 4.98 Å². The van der Waals surface area contributed by atoms with Crippen LogP contribution in [0.15, 0.2) is 36.5 Å². The Bertz CT molecular complexity index is 549. The van der Waals surface area contributed by atoms with E-state index in [2.05, 4.69) is 36.3 Å². The van der Waals surface area contributed by atoms with Gasteiger partial charge < -0.3 is 11.1 Å². The topological polar surface area (TPSA) is 50.9 Å². The molecule has 0 fully saturated rings. The molecule has 0 aliphatic rings. The molecule has 1 aromatic heterocycles. The van der Waals surface area contributed by atoms with Crippen molar-refractivity contribution >= 4 is 11.5 Å². The molecule has 1 aromatic carbocycles. The number of nitrogen functional groups attached to an aromatic ring is 1. The van der Waals surface area contributed by atoms with E-state index < -0.39 is 0 Å². The average molecular weight is 241 g/mol. The molecule has 94 valence electrons. The van der Waals surface area contributed by atoms with Gasteiger partial charge in [-0.3, -0.25) is 0 Å². The molecule has 0 aliphatic heterocycles. The lowest BCUT2D eigenvalue weighted by molar-refractivity contribution is 0.865. The summed E-state index contributed by atoms with van der Waals surface area (Å²) < 4.78 is 0. The van der Waals surface area contributed by atoms with Crippen LogP contribution in [-0.4, -0.2) is 4.98 Å². The Balaban J connectivity index is 2.21. The molecule has 0 radical (unpaired) electrons. The van der Waals surface area contributed by atoms with Crippen LogP contribution in [0.1, 0.15) is 29.7 Å². The number of anilines is 2. The van der Waals surface area contributed by atoms with E-state index in [-0.39, 0.29) is 6.04 Å². The lowest BCUT2D eigenvalue weighted by Crippen LogP contribution is -2.11.